The van der Waals surface area contributed by atoms with E-state index in [1.54, 1.807) is 26.2 Å². The van der Waals surface area contributed by atoms with Crippen molar-refractivity contribution in [3.63, 3.8) is 0 Å². The summed E-state index contributed by atoms with van der Waals surface area (Å²) in [5, 5.41) is -0.762. The maximum Gasteiger partial charge on any atom is 0.133 e. The molecule has 2 aromatic rings. The lowest BCUT2D eigenvalue weighted by atomic mass is 10.0. The van der Waals surface area contributed by atoms with Gasteiger partial charge < -0.3 is 4.74 Å². The van der Waals surface area contributed by atoms with Crippen molar-refractivity contribution in [1.29, 1.82) is 0 Å². The van der Waals surface area contributed by atoms with Crippen LogP contribution in [-0.2, 0) is 6.42 Å². The summed E-state index contributed by atoms with van der Waals surface area (Å²) in [4.78, 5) is 0. The van der Waals surface area contributed by atoms with Gasteiger partial charge in [-0.3, -0.25) is 0 Å². The second kappa shape index (κ2) is 6.23. The highest BCUT2D eigenvalue weighted by Gasteiger charge is 2.20. The molecule has 0 N–H and O–H groups in total. The Morgan fingerprint density at radius 1 is 1.20 bits per heavy atom. The number of ether oxygens (including phenoxy) is 1. The average molecular weight is 297 g/mol. The lowest BCUT2D eigenvalue weighted by Crippen LogP contribution is -2.04. The van der Waals surface area contributed by atoms with Crippen molar-refractivity contribution in [1.82, 2.24) is 0 Å². The van der Waals surface area contributed by atoms with Gasteiger partial charge >= 0.3 is 0 Å². The molecule has 0 spiro atoms. The van der Waals surface area contributed by atoms with Crippen LogP contribution in [-0.4, -0.2) is 7.11 Å². The Morgan fingerprint density at radius 3 is 2.65 bits per heavy atom. The van der Waals surface area contributed by atoms with Crippen molar-refractivity contribution in [3.8, 4) is 5.75 Å². The van der Waals surface area contributed by atoms with Gasteiger partial charge in [0.1, 0.15) is 17.4 Å². The molecule has 0 heterocycles. The maximum atomic E-state index is 14.0. The van der Waals surface area contributed by atoms with Crippen molar-refractivity contribution in [2.45, 2.75) is 18.7 Å². The van der Waals surface area contributed by atoms with Crippen LogP contribution in [0.3, 0.4) is 0 Å². The summed E-state index contributed by atoms with van der Waals surface area (Å²) in [7, 11) is 1.57. The number of benzene rings is 2. The van der Waals surface area contributed by atoms with E-state index in [9.17, 15) is 8.78 Å². The molecule has 0 fully saturated rings. The summed E-state index contributed by atoms with van der Waals surface area (Å²) in [6, 6.07) is 9.93. The van der Waals surface area contributed by atoms with Gasteiger partial charge in [-0.25, -0.2) is 8.78 Å². The van der Waals surface area contributed by atoms with Crippen molar-refractivity contribution in [2.24, 2.45) is 0 Å². The smallest absolute Gasteiger partial charge is 0.133 e. The van der Waals surface area contributed by atoms with Crippen molar-refractivity contribution < 1.29 is 13.5 Å². The number of aryl methyl sites for hydroxylation is 1. The minimum atomic E-state index is -0.762. The molecule has 2 aromatic carbocycles. The van der Waals surface area contributed by atoms with Gasteiger partial charge in [-0.05, 0) is 42.7 Å². The minimum absolute atomic E-state index is 0.0745. The first-order chi connectivity index (χ1) is 9.52. The number of hydrogen-bond donors (Lipinski definition) is 0. The zero-order valence-corrected chi connectivity index (χ0v) is 12.0. The van der Waals surface area contributed by atoms with Crippen LogP contribution in [0, 0.1) is 18.6 Å². The fraction of sp³-hybridized carbons (Fsp3) is 0.250. The first-order valence-electron chi connectivity index (χ1n) is 6.24. The molecule has 1 atom stereocenters. The van der Waals surface area contributed by atoms with Crippen LogP contribution in [0.2, 0.25) is 0 Å². The van der Waals surface area contributed by atoms with E-state index in [1.165, 1.54) is 12.1 Å². The zero-order chi connectivity index (χ0) is 14.7. The third kappa shape index (κ3) is 3.10. The average Bonchev–Trinajstić information content (AvgIpc) is 2.43. The second-order valence-electron chi connectivity index (χ2n) is 4.62. The quantitative estimate of drug-likeness (QED) is 0.736. The summed E-state index contributed by atoms with van der Waals surface area (Å²) in [5.41, 5.74) is 1.18. The minimum Gasteiger partial charge on any atom is -0.497 e. The molecule has 0 amide bonds. The van der Waals surface area contributed by atoms with Crippen LogP contribution in [0.25, 0.3) is 0 Å². The summed E-state index contributed by atoms with van der Waals surface area (Å²) in [6.45, 7) is 1.59. The Labute approximate surface area is 122 Å². The van der Waals surface area contributed by atoms with Crippen LogP contribution in [0.15, 0.2) is 36.4 Å². The molecule has 0 aromatic heterocycles. The van der Waals surface area contributed by atoms with Gasteiger partial charge in [-0.1, -0.05) is 18.2 Å². The largest absolute Gasteiger partial charge is 0.497 e. The van der Waals surface area contributed by atoms with E-state index < -0.39 is 17.0 Å². The molecule has 4 heteroatoms. The highest BCUT2D eigenvalue weighted by Crippen LogP contribution is 2.31. The molecular formula is C16H15ClF2O. The summed E-state index contributed by atoms with van der Waals surface area (Å²) in [5.74, 6) is -0.500. The van der Waals surface area contributed by atoms with Gasteiger partial charge in [0.2, 0.25) is 0 Å². The number of alkyl halides is 1. The number of rotatable bonds is 4. The summed E-state index contributed by atoms with van der Waals surface area (Å²) in [6.07, 6.45) is 0.329. The van der Waals surface area contributed by atoms with Crippen LogP contribution >= 0.6 is 11.6 Å². The van der Waals surface area contributed by atoms with E-state index >= 15 is 0 Å². The lowest BCUT2D eigenvalue weighted by Gasteiger charge is -2.14. The lowest BCUT2D eigenvalue weighted by molar-refractivity contribution is 0.414. The predicted molar refractivity (Wildman–Crippen MR) is 76.4 cm³/mol. The van der Waals surface area contributed by atoms with E-state index in [0.29, 0.717) is 17.7 Å². The number of hydrogen-bond acceptors (Lipinski definition) is 1. The number of halogens is 3. The van der Waals surface area contributed by atoms with Crippen molar-refractivity contribution >= 4 is 11.6 Å². The Hall–Kier alpha value is -1.61. The van der Waals surface area contributed by atoms with Crippen LogP contribution in [0.1, 0.15) is 22.1 Å². The van der Waals surface area contributed by atoms with Crippen LogP contribution in [0.5, 0.6) is 5.75 Å². The first kappa shape index (κ1) is 14.8. The topological polar surface area (TPSA) is 9.23 Å². The van der Waals surface area contributed by atoms with E-state index in [2.05, 4.69) is 0 Å². The third-order valence-electron chi connectivity index (χ3n) is 3.18. The maximum absolute atomic E-state index is 14.0. The first-order valence-corrected chi connectivity index (χ1v) is 6.68. The highest BCUT2D eigenvalue weighted by atomic mass is 35.5. The predicted octanol–water partition coefficient (Wildman–Crippen LogP) is 4.80. The second-order valence-corrected chi connectivity index (χ2v) is 5.14. The van der Waals surface area contributed by atoms with Gasteiger partial charge in [0.15, 0.2) is 0 Å². The molecule has 1 nitrogen and oxygen atoms in total. The molecule has 2 rings (SSSR count). The molecule has 0 saturated heterocycles. The molecule has 106 valence electrons. The molecule has 0 aliphatic carbocycles. The molecular weight excluding hydrogens is 282 g/mol. The summed E-state index contributed by atoms with van der Waals surface area (Å²) >= 11 is 6.20. The van der Waals surface area contributed by atoms with Gasteiger partial charge in [-0.2, -0.15) is 0 Å². The molecule has 0 bridgehead atoms. The third-order valence-corrected chi connectivity index (χ3v) is 3.55. The molecule has 1 unspecified atom stereocenters. The Balaban J connectivity index is 2.28. The van der Waals surface area contributed by atoms with Crippen LogP contribution < -0.4 is 4.74 Å². The summed E-state index contributed by atoms with van der Waals surface area (Å²) < 4.78 is 32.9. The Morgan fingerprint density at radius 2 is 1.95 bits per heavy atom. The van der Waals surface area contributed by atoms with Crippen molar-refractivity contribution in [3.05, 3.63) is 64.7 Å². The van der Waals surface area contributed by atoms with Crippen LogP contribution in [0.4, 0.5) is 8.78 Å². The molecule has 0 aliphatic rings. The molecule has 0 aliphatic heterocycles. The van der Waals surface area contributed by atoms with Gasteiger partial charge in [-0.15, -0.1) is 11.6 Å². The van der Waals surface area contributed by atoms with Crippen molar-refractivity contribution in [2.75, 3.05) is 7.11 Å². The van der Waals surface area contributed by atoms with E-state index in [0.717, 1.165) is 5.56 Å². The van der Waals surface area contributed by atoms with E-state index in [1.807, 2.05) is 12.1 Å². The fourth-order valence-electron chi connectivity index (χ4n) is 2.07. The Bertz CT molecular complexity index is 613. The molecule has 20 heavy (non-hydrogen) atoms. The monoisotopic (exact) mass is 296 g/mol. The SMILES string of the molecule is COc1cccc(CC(Cl)c2c(F)ccc(C)c2F)c1. The highest BCUT2D eigenvalue weighted by molar-refractivity contribution is 6.21. The Kier molecular flexibility index (Phi) is 4.61. The van der Waals surface area contributed by atoms with E-state index in [-0.39, 0.29) is 5.56 Å². The fourth-order valence-corrected chi connectivity index (χ4v) is 2.45. The molecule has 0 radical (unpaired) electrons. The van der Waals surface area contributed by atoms with E-state index in [4.69, 9.17) is 16.3 Å². The van der Waals surface area contributed by atoms with Gasteiger partial charge in [0, 0.05) is 5.56 Å². The van der Waals surface area contributed by atoms with Gasteiger partial charge in [0.05, 0.1) is 12.5 Å². The normalized spacial score (nSPS) is 12.2. The standard InChI is InChI=1S/C16H15ClF2O/c1-10-6-7-14(18)15(16(10)19)13(17)9-11-4-3-5-12(8-11)20-2/h3-8,13H,9H2,1-2H3. The van der Waals surface area contributed by atoms with Gasteiger partial charge in [0.25, 0.3) is 0 Å². The number of methoxy groups -OCH3 is 1. The zero-order valence-electron chi connectivity index (χ0n) is 11.3. The molecule has 0 saturated carbocycles.